The Labute approximate surface area is 239 Å². The number of phosphoric ester groups is 2. The van der Waals surface area contributed by atoms with Crippen LogP contribution in [0, 0.1) is 27.7 Å². The molecule has 11 heteroatoms. The number of benzene rings is 4. The molecule has 0 bridgehead atoms. The summed E-state index contributed by atoms with van der Waals surface area (Å²) in [5, 5.41) is 0. The molecule has 0 saturated heterocycles. The smallest absolute Gasteiger partial charge is 0.736 e. The number of phosphoric acid groups is 2. The molecule has 0 heterocycles. The van der Waals surface area contributed by atoms with Crippen molar-refractivity contribution in [2.45, 2.75) is 27.7 Å². The van der Waals surface area contributed by atoms with E-state index in [2.05, 4.69) is 0 Å². The van der Waals surface area contributed by atoms with Crippen LogP contribution < -0.4 is 27.9 Å². The van der Waals surface area contributed by atoms with E-state index in [4.69, 9.17) is 18.1 Å². The molecule has 0 aliphatic carbocycles. The first-order valence-corrected chi connectivity index (χ1v) is 14.5. The van der Waals surface area contributed by atoms with Gasteiger partial charge < -0.3 is 27.9 Å². The van der Waals surface area contributed by atoms with Crippen LogP contribution in [0.3, 0.4) is 0 Å². The van der Waals surface area contributed by atoms with Crippen LogP contribution in [-0.4, -0.2) is 0 Å². The van der Waals surface area contributed by atoms with Gasteiger partial charge in [0, 0.05) is 0 Å². The Kier molecular flexibility index (Phi) is 11.9. The standard InChI is InChI=1S/2C14H15O4P.Fe/c2*1-11-3-7-13(8-4-11)17-19(15,16)18-14-9-5-12(2)6-10-14;/h2*3-10H,1-2H3,(H,15,16);/q;;+2/p-2. The van der Waals surface area contributed by atoms with Gasteiger partial charge in [-0.1, -0.05) is 70.8 Å². The minimum atomic E-state index is -4.42. The molecule has 0 unspecified atom stereocenters. The average molecular weight is 610 g/mol. The molecule has 39 heavy (non-hydrogen) atoms. The Morgan fingerprint density at radius 3 is 0.718 bits per heavy atom. The molecule has 4 aromatic carbocycles. The fraction of sp³-hybridized carbons (Fsp3) is 0.143. The SMILES string of the molecule is Cc1ccc(OP(=O)([O-])Oc2ccc(C)cc2)cc1.Cc1ccc(OP(=O)([O-])Oc2ccc(C)cc2)cc1.[Fe+2]. The summed E-state index contributed by atoms with van der Waals surface area (Å²) >= 11 is 0. The summed E-state index contributed by atoms with van der Waals surface area (Å²) in [6.07, 6.45) is 0. The van der Waals surface area contributed by atoms with Crippen LogP contribution in [0.2, 0.25) is 0 Å². The Morgan fingerprint density at radius 1 is 0.410 bits per heavy atom. The van der Waals surface area contributed by atoms with Crippen LogP contribution in [0.15, 0.2) is 97.1 Å². The second-order valence-electron chi connectivity index (χ2n) is 8.51. The van der Waals surface area contributed by atoms with Crippen LogP contribution in [0.5, 0.6) is 23.0 Å². The van der Waals surface area contributed by atoms with Gasteiger partial charge in [0.25, 0.3) is 0 Å². The van der Waals surface area contributed by atoms with Crippen LogP contribution in [0.25, 0.3) is 0 Å². The maximum Gasteiger partial charge on any atom is 2.00 e. The number of rotatable bonds is 8. The van der Waals surface area contributed by atoms with E-state index in [1.807, 2.05) is 27.7 Å². The van der Waals surface area contributed by atoms with Crippen molar-refractivity contribution in [2.75, 3.05) is 0 Å². The second-order valence-corrected chi connectivity index (χ2v) is 11.0. The minimum absolute atomic E-state index is 0. The van der Waals surface area contributed by atoms with Gasteiger partial charge in [-0.2, -0.15) is 0 Å². The van der Waals surface area contributed by atoms with Crippen molar-refractivity contribution in [3.05, 3.63) is 119 Å². The summed E-state index contributed by atoms with van der Waals surface area (Å²) in [5.41, 5.74) is 4.08. The van der Waals surface area contributed by atoms with Crippen LogP contribution in [-0.2, 0) is 26.2 Å². The molecule has 0 fully saturated rings. The summed E-state index contributed by atoms with van der Waals surface area (Å²) in [6.45, 7) is 7.62. The van der Waals surface area contributed by atoms with E-state index in [-0.39, 0.29) is 40.1 Å². The molecule has 0 atom stereocenters. The fourth-order valence-electron chi connectivity index (χ4n) is 2.95. The van der Waals surface area contributed by atoms with Crippen molar-refractivity contribution in [1.82, 2.24) is 0 Å². The Balaban J connectivity index is 0.000000267. The third-order valence-corrected chi connectivity index (χ3v) is 6.69. The quantitative estimate of drug-likeness (QED) is 0.165. The first-order valence-electron chi connectivity index (χ1n) is 11.6. The maximum absolute atomic E-state index is 11.7. The van der Waals surface area contributed by atoms with Crippen LogP contribution in [0.1, 0.15) is 22.3 Å². The summed E-state index contributed by atoms with van der Waals surface area (Å²) in [6, 6.07) is 26.8. The average Bonchev–Trinajstić information content (AvgIpc) is 2.85. The van der Waals surface area contributed by atoms with Crippen molar-refractivity contribution < 1.29 is 54.1 Å². The van der Waals surface area contributed by atoms with Gasteiger partial charge in [0.15, 0.2) is 0 Å². The van der Waals surface area contributed by atoms with E-state index < -0.39 is 15.6 Å². The molecule has 0 aromatic heterocycles. The van der Waals surface area contributed by atoms with E-state index in [0.29, 0.717) is 0 Å². The summed E-state index contributed by atoms with van der Waals surface area (Å²) < 4.78 is 42.9. The molecule has 0 aliphatic heterocycles. The molecular weight excluding hydrogens is 582 g/mol. The first-order chi connectivity index (χ1) is 17.9. The minimum Gasteiger partial charge on any atom is -0.736 e. The largest absolute Gasteiger partial charge is 2.00 e. The predicted octanol–water partition coefficient (Wildman–Crippen LogP) is 6.46. The van der Waals surface area contributed by atoms with Gasteiger partial charge in [-0.3, -0.25) is 0 Å². The van der Waals surface area contributed by atoms with E-state index in [9.17, 15) is 18.9 Å². The molecule has 0 N–H and O–H groups in total. The van der Waals surface area contributed by atoms with E-state index in [1.165, 1.54) is 0 Å². The van der Waals surface area contributed by atoms with Crippen LogP contribution >= 0.6 is 15.6 Å². The summed E-state index contributed by atoms with van der Waals surface area (Å²) in [4.78, 5) is 23.4. The zero-order valence-corrected chi connectivity index (χ0v) is 24.6. The van der Waals surface area contributed by atoms with E-state index >= 15 is 0 Å². The summed E-state index contributed by atoms with van der Waals surface area (Å²) in [5.74, 6) is 0.930. The van der Waals surface area contributed by atoms with Crippen molar-refractivity contribution >= 4 is 15.6 Å². The van der Waals surface area contributed by atoms with Gasteiger partial charge >= 0.3 is 32.7 Å². The molecular formula is C28H28FeO8P2. The van der Waals surface area contributed by atoms with E-state index in [1.54, 1.807) is 97.1 Å². The summed E-state index contributed by atoms with van der Waals surface area (Å²) in [7, 11) is -8.83. The monoisotopic (exact) mass is 610 g/mol. The zero-order valence-electron chi connectivity index (χ0n) is 21.8. The Morgan fingerprint density at radius 2 is 0.564 bits per heavy atom. The Hall–Kier alpha value is -3.02. The zero-order chi connectivity index (χ0) is 27.8. The molecule has 4 aromatic rings. The maximum atomic E-state index is 11.7. The predicted molar refractivity (Wildman–Crippen MR) is 142 cm³/mol. The third-order valence-electron chi connectivity index (χ3n) is 4.95. The van der Waals surface area contributed by atoms with Crippen molar-refractivity contribution in [3.8, 4) is 23.0 Å². The number of hydrogen-bond acceptors (Lipinski definition) is 8. The fourth-order valence-corrected chi connectivity index (χ4v) is 4.54. The van der Waals surface area contributed by atoms with Gasteiger partial charge in [0.1, 0.15) is 23.0 Å². The van der Waals surface area contributed by atoms with Gasteiger partial charge in [-0.05, 0) is 76.2 Å². The van der Waals surface area contributed by atoms with Gasteiger partial charge in [0.05, 0.1) is 0 Å². The van der Waals surface area contributed by atoms with Crippen molar-refractivity contribution in [3.63, 3.8) is 0 Å². The van der Waals surface area contributed by atoms with E-state index in [0.717, 1.165) is 22.3 Å². The van der Waals surface area contributed by atoms with Gasteiger partial charge in [-0.15, -0.1) is 0 Å². The van der Waals surface area contributed by atoms with Gasteiger partial charge in [-0.25, -0.2) is 9.13 Å². The molecule has 0 aliphatic rings. The number of aryl methyl sites for hydroxylation is 4. The van der Waals surface area contributed by atoms with Crippen molar-refractivity contribution in [1.29, 1.82) is 0 Å². The molecule has 206 valence electrons. The second kappa shape index (κ2) is 14.4. The van der Waals surface area contributed by atoms with Gasteiger partial charge in [0.2, 0.25) is 0 Å². The topological polar surface area (TPSA) is 117 Å². The molecule has 4 rings (SSSR count). The Bertz CT molecular complexity index is 1190. The molecule has 0 saturated carbocycles. The van der Waals surface area contributed by atoms with Crippen LogP contribution in [0.4, 0.5) is 0 Å². The molecule has 0 spiro atoms. The molecule has 0 radical (unpaired) electrons. The molecule has 8 nitrogen and oxygen atoms in total. The van der Waals surface area contributed by atoms with Crippen molar-refractivity contribution in [2.24, 2.45) is 0 Å². The first kappa shape index (κ1) is 32.2. The molecule has 0 amide bonds. The normalized spacial score (nSPS) is 10.8. The number of hydrogen-bond donors (Lipinski definition) is 0. The third kappa shape index (κ3) is 11.7.